The summed E-state index contributed by atoms with van der Waals surface area (Å²) in [7, 11) is 0. The first kappa shape index (κ1) is 27.5. The van der Waals surface area contributed by atoms with Crippen molar-refractivity contribution in [1.82, 2.24) is 0 Å². The molecule has 1 spiro atoms. The van der Waals surface area contributed by atoms with E-state index < -0.39 is 46.9 Å². The summed E-state index contributed by atoms with van der Waals surface area (Å²) in [4.78, 5) is 47.2. The Morgan fingerprint density at radius 1 is 1.13 bits per heavy atom. The average Bonchev–Trinajstić information content (AvgIpc) is 3.15. The number of benzene rings is 1. The second-order valence-corrected chi connectivity index (χ2v) is 11.1. The lowest BCUT2D eigenvalue weighted by Gasteiger charge is -2.59. The van der Waals surface area contributed by atoms with E-state index >= 15 is 0 Å². The number of ether oxygens (including phenoxy) is 4. The maximum atomic E-state index is 12.7. The summed E-state index contributed by atoms with van der Waals surface area (Å²) in [6.07, 6.45) is -0.0844. The van der Waals surface area contributed by atoms with Crippen molar-refractivity contribution in [1.29, 1.82) is 5.26 Å². The van der Waals surface area contributed by atoms with Crippen molar-refractivity contribution in [3.8, 4) is 6.07 Å². The Balaban J connectivity index is 1.19. The molecule has 39 heavy (non-hydrogen) atoms. The molecule has 1 saturated carbocycles. The molecule has 1 aliphatic carbocycles. The first-order valence-electron chi connectivity index (χ1n) is 13.3. The number of hydrogen-bond acceptors (Lipinski definition) is 11. The number of nitrogens with zero attached hydrogens (tertiary/aromatic N) is 2. The van der Waals surface area contributed by atoms with Crippen molar-refractivity contribution in [3.63, 3.8) is 0 Å². The van der Waals surface area contributed by atoms with Crippen LogP contribution in [0.15, 0.2) is 24.3 Å². The second kappa shape index (κ2) is 10.5. The van der Waals surface area contributed by atoms with E-state index in [1.807, 2.05) is 19.9 Å². The molecule has 1 aromatic carbocycles. The number of non-ortho nitro benzene ring substituents is 1. The maximum absolute atomic E-state index is 12.7. The van der Waals surface area contributed by atoms with Gasteiger partial charge in [-0.1, -0.05) is 13.8 Å². The number of carbonyl (C=O) groups excluding carboxylic acids is 2. The van der Waals surface area contributed by atoms with E-state index in [1.54, 1.807) is 0 Å². The van der Waals surface area contributed by atoms with Crippen LogP contribution in [0.1, 0.15) is 71.0 Å². The smallest absolute Gasteiger partial charge is 0.308 e. The lowest BCUT2D eigenvalue weighted by Crippen LogP contribution is -2.70. The van der Waals surface area contributed by atoms with Crippen LogP contribution in [-0.2, 0) is 38.3 Å². The predicted molar refractivity (Wildman–Crippen MR) is 130 cm³/mol. The summed E-state index contributed by atoms with van der Waals surface area (Å²) >= 11 is 0. The minimum Gasteiger partial charge on any atom is -0.442 e. The van der Waals surface area contributed by atoms with Crippen LogP contribution in [0.4, 0.5) is 5.69 Å². The zero-order chi connectivity index (χ0) is 27.9. The molecule has 12 heteroatoms. The highest BCUT2D eigenvalue weighted by Crippen LogP contribution is 2.60. The van der Waals surface area contributed by atoms with Gasteiger partial charge in [-0.3, -0.25) is 19.7 Å². The lowest BCUT2D eigenvalue weighted by atomic mass is 9.58. The second-order valence-electron chi connectivity index (χ2n) is 11.1. The van der Waals surface area contributed by atoms with Crippen LogP contribution in [0, 0.1) is 45.1 Å². The van der Waals surface area contributed by atoms with Gasteiger partial charge in [-0.05, 0) is 50.2 Å². The van der Waals surface area contributed by atoms with Crippen molar-refractivity contribution in [2.45, 2.75) is 89.4 Å². The molecule has 5 aliphatic rings. The molecule has 5 fully saturated rings. The van der Waals surface area contributed by atoms with Gasteiger partial charge in [-0.15, -0.1) is 0 Å². The van der Waals surface area contributed by atoms with Crippen LogP contribution in [0.2, 0.25) is 0 Å². The molecule has 4 aliphatic heterocycles. The molecular weight excluding hydrogens is 512 g/mol. The van der Waals surface area contributed by atoms with E-state index in [-0.39, 0.29) is 41.8 Å². The highest BCUT2D eigenvalue weighted by molar-refractivity contribution is 5.78. The Labute approximate surface area is 225 Å². The van der Waals surface area contributed by atoms with Crippen LogP contribution < -0.4 is 0 Å². The summed E-state index contributed by atoms with van der Waals surface area (Å²) in [5.74, 6) is -2.00. The van der Waals surface area contributed by atoms with Gasteiger partial charge in [0.2, 0.25) is 18.2 Å². The first-order valence-corrected chi connectivity index (χ1v) is 13.3. The standard InChI is InChI=1S/C27H32N2O10/c1-15-4-9-20-16(2)24(36-25-27(20)19(15)12-13-26(3,37-25)38-39-27)35-23(31)11-10-22(30)34-21(14-28)17-5-7-18(8-6-17)29(32)33/h5-8,15-16,19-21,24-25H,4,9-13H2,1-3H3/t15-,16-,19?,20?,21?,24-,25-,26+,27-/m1/s1. The summed E-state index contributed by atoms with van der Waals surface area (Å²) in [6.45, 7) is 5.99. The molecule has 1 aromatic rings. The average molecular weight is 545 g/mol. The number of nitro benzene ring substituents is 1. The van der Waals surface area contributed by atoms with Gasteiger partial charge in [0.05, 0.1) is 17.8 Å². The first-order chi connectivity index (χ1) is 18.6. The Morgan fingerprint density at radius 2 is 1.85 bits per heavy atom. The zero-order valence-corrected chi connectivity index (χ0v) is 22.1. The maximum Gasteiger partial charge on any atom is 0.308 e. The summed E-state index contributed by atoms with van der Waals surface area (Å²) in [5.41, 5.74) is -0.637. The van der Waals surface area contributed by atoms with Crippen molar-refractivity contribution in [2.24, 2.45) is 23.7 Å². The van der Waals surface area contributed by atoms with E-state index in [2.05, 4.69) is 6.92 Å². The van der Waals surface area contributed by atoms with Crippen molar-refractivity contribution < 1.29 is 43.2 Å². The molecule has 210 valence electrons. The normalized spacial score (nSPS) is 37.5. The van der Waals surface area contributed by atoms with Crippen molar-refractivity contribution in [3.05, 3.63) is 39.9 Å². The van der Waals surface area contributed by atoms with Gasteiger partial charge >= 0.3 is 11.9 Å². The fourth-order valence-electron chi connectivity index (χ4n) is 6.53. The fraction of sp³-hybridized carbons (Fsp3) is 0.667. The fourth-order valence-corrected chi connectivity index (χ4v) is 6.53. The zero-order valence-electron chi connectivity index (χ0n) is 22.1. The van der Waals surface area contributed by atoms with E-state index in [9.17, 15) is 25.0 Å². The van der Waals surface area contributed by atoms with Gasteiger partial charge < -0.3 is 18.9 Å². The summed E-state index contributed by atoms with van der Waals surface area (Å²) in [6, 6.07) is 6.97. The molecular formula is C27H32N2O10. The largest absolute Gasteiger partial charge is 0.442 e. The summed E-state index contributed by atoms with van der Waals surface area (Å²) < 4.78 is 23.3. The Morgan fingerprint density at radius 3 is 2.54 bits per heavy atom. The van der Waals surface area contributed by atoms with Crippen molar-refractivity contribution in [2.75, 3.05) is 0 Å². The predicted octanol–water partition coefficient (Wildman–Crippen LogP) is 4.23. The topological polar surface area (TPSA) is 156 Å². The number of hydrogen-bond donors (Lipinski definition) is 0. The third kappa shape index (κ3) is 5.00. The molecule has 3 unspecified atom stereocenters. The van der Waals surface area contributed by atoms with E-state index in [4.69, 9.17) is 28.7 Å². The number of rotatable bonds is 7. The molecule has 4 heterocycles. The molecule has 0 amide bonds. The highest BCUT2D eigenvalue weighted by Gasteiger charge is 2.69. The van der Waals surface area contributed by atoms with E-state index in [1.165, 1.54) is 24.3 Å². The number of carbonyl (C=O) groups is 2. The number of nitriles is 1. The quantitative estimate of drug-likeness (QED) is 0.209. The van der Waals surface area contributed by atoms with Crippen LogP contribution in [-0.4, -0.2) is 40.8 Å². The number of nitro groups is 1. The van der Waals surface area contributed by atoms with Gasteiger partial charge in [-0.2, -0.15) is 5.26 Å². The van der Waals surface area contributed by atoms with Crippen LogP contribution in [0.5, 0.6) is 0 Å². The molecule has 6 rings (SSSR count). The third-order valence-electron chi connectivity index (χ3n) is 8.65. The molecule has 0 aromatic heterocycles. The van der Waals surface area contributed by atoms with Gasteiger partial charge in [0, 0.05) is 36.0 Å². The highest BCUT2D eigenvalue weighted by atomic mass is 17.3. The molecule has 9 atom stereocenters. The Kier molecular flexibility index (Phi) is 7.37. The molecule has 2 bridgehead atoms. The van der Waals surface area contributed by atoms with Gasteiger partial charge in [0.25, 0.3) is 5.69 Å². The lowest BCUT2D eigenvalue weighted by molar-refractivity contribution is -0.576. The SMILES string of the molecule is C[C@@H]1CCC2[C@@H](C)[C@H](OC(=O)CCC(=O)OC(C#N)c3ccc([N+](=O)[O-])cc3)O[C@@H]3O[C@]4(C)CCC1[C@@]23OO4. The van der Waals surface area contributed by atoms with E-state index in [0.29, 0.717) is 12.3 Å². The minimum absolute atomic E-state index is 0.0130. The molecule has 4 saturated heterocycles. The monoisotopic (exact) mass is 544 g/mol. The number of fused-ring (bicyclic) bond motifs is 2. The molecule has 12 nitrogen and oxygen atoms in total. The Bertz CT molecular complexity index is 1170. The van der Waals surface area contributed by atoms with Gasteiger partial charge in [-0.25, -0.2) is 9.78 Å². The third-order valence-corrected chi connectivity index (χ3v) is 8.65. The van der Waals surface area contributed by atoms with Crippen LogP contribution in [0.3, 0.4) is 0 Å². The molecule has 0 N–H and O–H groups in total. The number of esters is 2. The minimum atomic E-state index is -1.26. The van der Waals surface area contributed by atoms with Crippen LogP contribution in [0.25, 0.3) is 0 Å². The van der Waals surface area contributed by atoms with E-state index in [0.717, 1.165) is 19.3 Å². The van der Waals surface area contributed by atoms with Gasteiger partial charge in [0.15, 0.2) is 11.9 Å². The van der Waals surface area contributed by atoms with Crippen molar-refractivity contribution >= 4 is 17.6 Å². The molecule has 0 radical (unpaired) electrons. The Hall–Kier alpha value is -3.11. The van der Waals surface area contributed by atoms with Gasteiger partial charge in [0.1, 0.15) is 6.07 Å². The summed E-state index contributed by atoms with van der Waals surface area (Å²) in [5, 5.41) is 20.2. The van der Waals surface area contributed by atoms with Crippen LogP contribution >= 0.6 is 0 Å².